The third kappa shape index (κ3) is 2.17. The molecule has 4 heteroatoms. The van der Waals surface area contributed by atoms with Crippen molar-refractivity contribution in [3.8, 4) is 0 Å². The Bertz CT molecular complexity index is 653. The highest BCUT2D eigenvalue weighted by Gasteiger charge is 2.37. The fraction of sp³-hybridized carbons (Fsp3) is 0.250. The number of aryl methyl sites for hydroxylation is 1. The molecule has 0 fully saturated rings. The van der Waals surface area contributed by atoms with Crippen LogP contribution < -0.4 is 5.73 Å². The molecule has 0 aliphatic heterocycles. The molecule has 3 rings (SSSR count). The Hall–Kier alpha value is -1.58. The van der Waals surface area contributed by atoms with Crippen molar-refractivity contribution in [2.24, 2.45) is 0 Å². The quantitative estimate of drug-likeness (QED) is 0.833. The number of anilines is 1. The lowest BCUT2D eigenvalue weighted by Gasteiger charge is -2.25. The molecule has 1 aliphatic carbocycles. The number of halogens is 2. The Labute approximate surface area is 122 Å². The number of aliphatic hydroxyl groups is 1. The third-order valence-electron chi connectivity index (χ3n) is 3.97. The number of fused-ring (bicyclic) bond motifs is 1. The van der Waals surface area contributed by atoms with E-state index in [-0.39, 0.29) is 12.2 Å². The van der Waals surface area contributed by atoms with E-state index in [1.165, 1.54) is 6.07 Å². The van der Waals surface area contributed by atoms with E-state index in [0.717, 1.165) is 17.5 Å². The fourth-order valence-electron chi connectivity index (χ4n) is 2.93. The van der Waals surface area contributed by atoms with Crippen molar-refractivity contribution in [3.63, 3.8) is 0 Å². The first-order valence-corrected chi connectivity index (χ1v) is 6.91. The molecule has 20 heavy (non-hydrogen) atoms. The number of benzene rings is 2. The molecule has 3 N–H and O–H groups in total. The number of rotatable bonds is 2. The zero-order chi connectivity index (χ0) is 14.3. The van der Waals surface area contributed by atoms with Crippen LogP contribution in [0.3, 0.4) is 0 Å². The van der Waals surface area contributed by atoms with Crippen LogP contribution in [0.25, 0.3) is 0 Å². The molecule has 2 aromatic rings. The van der Waals surface area contributed by atoms with Crippen LogP contribution in [0, 0.1) is 5.82 Å². The maximum Gasteiger partial charge on any atom is 0.128 e. The van der Waals surface area contributed by atoms with Crippen molar-refractivity contribution in [2.45, 2.75) is 24.9 Å². The van der Waals surface area contributed by atoms with Gasteiger partial charge in [-0.15, -0.1) is 0 Å². The van der Waals surface area contributed by atoms with E-state index in [2.05, 4.69) is 0 Å². The van der Waals surface area contributed by atoms with E-state index in [1.807, 2.05) is 12.1 Å². The van der Waals surface area contributed by atoms with E-state index in [9.17, 15) is 9.50 Å². The van der Waals surface area contributed by atoms with Crippen LogP contribution in [0.1, 0.15) is 23.1 Å². The second kappa shape index (κ2) is 4.76. The first kappa shape index (κ1) is 13.4. The molecule has 0 bridgehead atoms. The summed E-state index contributed by atoms with van der Waals surface area (Å²) in [6.45, 7) is 0. The van der Waals surface area contributed by atoms with E-state index >= 15 is 0 Å². The highest BCUT2D eigenvalue weighted by Crippen LogP contribution is 2.41. The lowest BCUT2D eigenvalue weighted by molar-refractivity contribution is 0.0381. The zero-order valence-electron chi connectivity index (χ0n) is 10.9. The molecule has 0 saturated carbocycles. The largest absolute Gasteiger partial charge is 0.399 e. The van der Waals surface area contributed by atoms with Gasteiger partial charge in [0.1, 0.15) is 5.82 Å². The fourth-order valence-corrected chi connectivity index (χ4v) is 3.16. The Morgan fingerprint density at radius 2 is 2.10 bits per heavy atom. The molecule has 0 aromatic heterocycles. The highest BCUT2D eigenvalue weighted by molar-refractivity contribution is 6.31. The molecular weight excluding hydrogens is 277 g/mol. The summed E-state index contributed by atoms with van der Waals surface area (Å²) in [6.07, 6.45) is 1.47. The molecule has 0 amide bonds. The van der Waals surface area contributed by atoms with Gasteiger partial charge >= 0.3 is 0 Å². The van der Waals surface area contributed by atoms with E-state index in [1.54, 1.807) is 18.2 Å². The minimum Gasteiger partial charge on any atom is -0.399 e. The van der Waals surface area contributed by atoms with Crippen LogP contribution in [0.15, 0.2) is 36.4 Å². The van der Waals surface area contributed by atoms with E-state index < -0.39 is 5.60 Å². The summed E-state index contributed by atoms with van der Waals surface area (Å²) in [7, 11) is 0. The lowest BCUT2D eigenvalue weighted by Crippen LogP contribution is -2.26. The van der Waals surface area contributed by atoms with Crippen LogP contribution in [0.2, 0.25) is 5.02 Å². The van der Waals surface area contributed by atoms with Gasteiger partial charge in [0.15, 0.2) is 0 Å². The summed E-state index contributed by atoms with van der Waals surface area (Å²) in [6, 6.07) is 10.0. The summed E-state index contributed by atoms with van der Waals surface area (Å²) < 4.78 is 13.9. The molecule has 104 valence electrons. The van der Waals surface area contributed by atoms with Gasteiger partial charge in [0, 0.05) is 22.7 Å². The predicted octanol–water partition coefficient (Wildman–Crippen LogP) is 3.44. The van der Waals surface area contributed by atoms with Gasteiger partial charge in [-0.2, -0.15) is 0 Å². The van der Waals surface area contributed by atoms with Gasteiger partial charge in [-0.1, -0.05) is 23.7 Å². The number of nitrogens with two attached hydrogens (primary N) is 1. The topological polar surface area (TPSA) is 46.2 Å². The molecule has 1 aliphatic rings. The second-order valence-corrected chi connectivity index (χ2v) is 5.73. The van der Waals surface area contributed by atoms with Crippen LogP contribution in [-0.2, 0) is 18.4 Å². The molecule has 2 nitrogen and oxygen atoms in total. The molecule has 0 heterocycles. The van der Waals surface area contributed by atoms with Gasteiger partial charge in [-0.25, -0.2) is 4.39 Å². The van der Waals surface area contributed by atoms with Crippen molar-refractivity contribution < 1.29 is 9.50 Å². The van der Waals surface area contributed by atoms with Crippen LogP contribution in [0.4, 0.5) is 10.1 Å². The Morgan fingerprint density at radius 1 is 1.30 bits per heavy atom. The lowest BCUT2D eigenvalue weighted by atomic mass is 9.88. The molecule has 0 radical (unpaired) electrons. The van der Waals surface area contributed by atoms with Crippen LogP contribution in [0.5, 0.6) is 0 Å². The van der Waals surface area contributed by atoms with Gasteiger partial charge in [-0.05, 0) is 48.2 Å². The van der Waals surface area contributed by atoms with Crippen molar-refractivity contribution in [1.82, 2.24) is 0 Å². The maximum atomic E-state index is 13.9. The molecule has 0 saturated heterocycles. The highest BCUT2D eigenvalue weighted by atomic mass is 35.5. The van der Waals surface area contributed by atoms with E-state index in [0.29, 0.717) is 22.7 Å². The molecule has 1 unspecified atom stereocenters. The molecule has 2 aromatic carbocycles. The van der Waals surface area contributed by atoms with Gasteiger partial charge in [-0.3, -0.25) is 0 Å². The summed E-state index contributed by atoms with van der Waals surface area (Å²) in [5.74, 6) is -0.380. The predicted molar refractivity (Wildman–Crippen MR) is 78.2 cm³/mol. The zero-order valence-corrected chi connectivity index (χ0v) is 11.6. The number of hydrogen-bond donors (Lipinski definition) is 2. The number of nitrogen functional groups attached to an aromatic ring is 1. The van der Waals surface area contributed by atoms with Gasteiger partial charge in [0.05, 0.1) is 5.60 Å². The summed E-state index contributed by atoms with van der Waals surface area (Å²) >= 11 is 6.05. The Balaban J connectivity index is 2.00. The smallest absolute Gasteiger partial charge is 0.128 e. The van der Waals surface area contributed by atoms with Crippen LogP contribution in [-0.4, -0.2) is 5.11 Å². The average Bonchev–Trinajstić information content (AvgIpc) is 2.72. The van der Waals surface area contributed by atoms with Gasteiger partial charge < -0.3 is 10.8 Å². The second-order valence-electron chi connectivity index (χ2n) is 5.33. The van der Waals surface area contributed by atoms with Crippen molar-refractivity contribution >= 4 is 17.3 Å². The Morgan fingerprint density at radius 3 is 2.85 bits per heavy atom. The molecule has 0 spiro atoms. The first-order chi connectivity index (χ1) is 9.49. The van der Waals surface area contributed by atoms with Crippen molar-refractivity contribution in [3.05, 3.63) is 63.9 Å². The minimum atomic E-state index is -1.07. The third-order valence-corrected chi connectivity index (χ3v) is 4.32. The van der Waals surface area contributed by atoms with Crippen molar-refractivity contribution in [2.75, 3.05) is 5.73 Å². The molecule has 1 atom stereocenters. The van der Waals surface area contributed by atoms with E-state index in [4.69, 9.17) is 17.3 Å². The SMILES string of the molecule is Nc1ccc2c(c1)CCC2(O)Cc1c(F)cccc1Cl. The normalized spacial score (nSPS) is 20.9. The standard InChI is InChI=1S/C16H15ClFNO/c17-14-2-1-3-15(18)12(14)9-16(20)7-6-10-8-11(19)4-5-13(10)16/h1-5,8,20H,6-7,9,19H2. The van der Waals surface area contributed by atoms with Gasteiger partial charge in [0.2, 0.25) is 0 Å². The van der Waals surface area contributed by atoms with Gasteiger partial charge in [0.25, 0.3) is 0 Å². The summed E-state index contributed by atoms with van der Waals surface area (Å²) in [5.41, 5.74) is 7.58. The summed E-state index contributed by atoms with van der Waals surface area (Å²) in [5, 5.41) is 11.2. The monoisotopic (exact) mass is 291 g/mol. The maximum absolute atomic E-state index is 13.9. The summed E-state index contributed by atoms with van der Waals surface area (Å²) in [4.78, 5) is 0. The Kier molecular flexibility index (Phi) is 3.19. The van der Waals surface area contributed by atoms with Crippen LogP contribution >= 0.6 is 11.6 Å². The molecular formula is C16H15ClFNO. The minimum absolute atomic E-state index is 0.176. The van der Waals surface area contributed by atoms with Crippen molar-refractivity contribution in [1.29, 1.82) is 0 Å². The average molecular weight is 292 g/mol. The first-order valence-electron chi connectivity index (χ1n) is 6.54. The number of hydrogen-bond acceptors (Lipinski definition) is 2.